The number of ether oxygens (including phenoxy) is 1. The first-order valence-electron chi connectivity index (χ1n) is 8.59. The molecular weight excluding hydrogens is 393 g/mol. The largest absolute Gasteiger partial charge is 0.487 e. The number of carboxylic acid groups (broad SMARTS) is 1. The molecule has 0 saturated carbocycles. The molecule has 29 heavy (non-hydrogen) atoms. The van der Waals surface area contributed by atoms with Crippen LogP contribution in [0.2, 0.25) is 5.02 Å². The molecule has 0 aliphatic heterocycles. The molecule has 144 valence electrons. The van der Waals surface area contributed by atoms with E-state index in [1.165, 1.54) is 24.3 Å². The lowest BCUT2D eigenvalue weighted by atomic mass is 10.0. The van der Waals surface area contributed by atoms with Crippen LogP contribution >= 0.6 is 11.6 Å². The number of carbonyl (C=O) groups is 1. The number of allylic oxidation sites excluding steroid dienone is 1. The summed E-state index contributed by atoms with van der Waals surface area (Å²) in [6, 6.07) is 19.4. The molecule has 0 bridgehead atoms. The SMILES string of the molecule is N#C/C(=C/c1ccc(OCc2cccc(C(=O)O)c2)c(Cl)c1)c1ccccc1F. The predicted molar refractivity (Wildman–Crippen MR) is 109 cm³/mol. The van der Waals surface area contributed by atoms with Crippen LogP contribution < -0.4 is 4.74 Å². The summed E-state index contributed by atoms with van der Waals surface area (Å²) in [5.41, 5.74) is 1.88. The van der Waals surface area contributed by atoms with Gasteiger partial charge in [0.25, 0.3) is 0 Å². The molecule has 0 saturated heterocycles. The first-order chi connectivity index (χ1) is 14.0. The van der Waals surface area contributed by atoms with Crippen LogP contribution in [0.4, 0.5) is 4.39 Å². The number of hydrogen-bond acceptors (Lipinski definition) is 3. The fraction of sp³-hybridized carbons (Fsp3) is 0.0435. The lowest BCUT2D eigenvalue weighted by Crippen LogP contribution is -2.00. The highest BCUT2D eigenvalue weighted by molar-refractivity contribution is 6.32. The quantitative estimate of drug-likeness (QED) is 0.413. The average Bonchev–Trinajstić information content (AvgIpc) is 2.72. The molecule has 3 aromatic carbocycles. The molecule has 0 unspecified atom stereocenters. The van der Waals surface area contributed by atoms with Gasteiger partial charge in [-0.1, -0.05) is 48.0 Å². The molecular formula is C23H15ClFNO3. The van der Waals surface area contributed by atoms with Crippen molar-refractivity contribution in [1.29, 1.82) is 5.26 Å². The van der Waals surface area contributed by atoms with Crippen LogP contribution in [-0.2, 0) is 6.61 Å². The van der Waals surface area contributed by atoms with E-state index in [9.17, 15) is 14.4 Å². The third kappa shape index (κ3) is 5.01. The molecule has 0 radical (unpaired) electrons. The second-order valence-electron chi connectivity index (χ2n) is 6.13. The van der Waals surface area contributed by atoms with Crippen LogP contribution in [0.1, 0.15) is 27.0 Å². The van der Waals surface area contributed by atoms with Gasteiger partial charge in [-0.05, 0) is 47.5 Å². The highest BCUT2D eigenvalue weighted by Crippen LogP contribution is 2.29. The van der Waals surface area contributed by atoms with Gasteiger partial charge in [0.05, 0.1) is 22.2 Å². The fourth-order valence-corrected chi connectivity index (χ4v) is 2.94. The number of halogens is 2. The topological polar surface area (TPSA) is 70.3 Å². The minimum atomic E-state index is -1.01. The molecule has 0 heterocycles. The number of carboxylic acids is 1. The summed E-state index contributed by atoms with van der Waals surface area (Å²) in [7, 11) is 0. The zero-order chi connectivity index (χ0) is 20.8. The smallest absolute Gasteiger partial charge is 0.335 e. The normalized spacial score (nSPS) is 11.0. The van der Waals surface area contributed by atoms with E-state index >= 15 is 0 Å². The molecule has 0 aliphatic rings. The molecule has 4 nitrogen and oxygen atoms in total. The van der Waals surface area contributed by atoms with Gasteiger partial charge in [-0.3, -0.25) is 0 Å². The number of benzene rings is 3. The Kier molecular flexibility index (Phi) is 6.28. The van der Waals surface area contributed by atoms with E-state index in [0.29, 0.717) is 21.9 Å². The van der Waals surface area contributed by atoms with Crippen LogP contribution in [0.3, 0.4) is 0 Å². The molecule has 6 heteroatoms. The molecule has 0 atom stereocenters. The monoisotopic (exact) mass is 407 g/mol. The lowest BCUT2D eigenvalue weighted by Gasteiger charge is -2.09. The van der Waals surface area contributed by atoms with Crippen molar-refractivity contribution in [2.24, 2.45) is 0 Å². The van der Waals surface area contributed by atoms with Gasteiger partial charge in [0, 0.05) is 5.56 Å². The van der Waals surface area contributed by atoms with Gasteiger partial charge in [-0.15, -0.1) is 0 Å². The Morgan fingerprint density at radius 1 is 1.14 bits per heavy atom. The maximum absolute atomic E-state index is 13.9. The molecule has 0 amide bonds. The van der Waals surface area contributed by atoms with E-state index in [2.05, 4.69) is 0 Å². The molecule has 0 fully saturated rings. The Balaban J connectivity index is 1.78. The van der Waals surface area contributed by atoms with Crippen molar-refractivity contribution in [3.8, 4) is 11.8 Å². The number of aromatic carboxylic acids is 1. The molecule has 0 spiro atoms. The van der Waals surface area contributed by atoms with Crippen molar-refractivity contribution in [2.75, 3.05) is 0 Å². The van der Waals surface area contributed by atoms with Crippen molar-refractivity contribution in [1.82, 2.24) is 0 Å². The Morgan fingerprint density at radius 2 is 1.93 bits per heavy atom. The molecule has 3 aromatic rings. The van der Waals surface area contributed by atoms with Crippen LogP contribution in [0.5, 0.6) is 5.75 Å². The third-order valence-electron chi connectivity index (χ3n) is 4.12. The first kappa shape index (κ1) is 20.1. The first-order valence-corrected chi connectivity index (χ1v) is 8.97. The Bertz CT molecular complexity index is 1130. The second kappa shape index (κ2) is 9.05. The number of hydrogen-bond donors (Lipinski definition) is 1. The molecule has 1 N–H and O–H groups in total. The molecule has 3 rings (SSSR count). The van der Waals surface area contributed by atoms with Crippen LogP contribution in [-0.4, -0.2) is 11.1 Å². The van der Waals surface area contributed by atoms with E-state index in [1.54, 1.807) is 48.5 Å². The van der Waals surface area contributed by atoms with Gasteiger partial charge < -0.3 is 9.84 Å². The maximum Gasteiger partial charge on any atom is 0.335 e. The summed E-state index contributed by atoms with van der Waals surface area (Å²) in [6.45, 7) is 0.148. The molecule has 0 aromatic heterocycles. The van der Waals surface area contributed by atoms with E-state index in [0.717, 1.165) is 0 Å². The maximum atomic E-state index is 13.9. The molecule has 0 aliphatic carbocycles. The van der Waals surface area contributed by atoms with Crippen molar-refractivity contribution in [3.05, 3.63) is 99.8 Å². The Labute approximate surface area is 172 Å². The van der Waals surface area contributed by atoms with Gasteiger partial charge in [0.15, 0.2) is 0 Å². The van der Waals surface area contributed by atoms with Gasteiger partial charge in [-0.2, -0.15) is 5.26 Å². The lowest BCUT2D eigenvalue weighted by molar-refractivity contribution is 0.0696. The van der Waals surface area contributed by atoms with Gasteiger partial charge in [-0.25, -0.2) is 9.18 Å². The second-order valence-corrected chi connectivity index (χ2v) is 6.54. The van der Waals surface area contributed by atoms with Crippen molar-refractivity contribution >= 4 is 29.2 Å². The summed E-state index contributed by atoms with van der Waals surface area (Å²) in [4.78, 5) is 11.0. The zero-order valence-electron chi connectivity index (χ0n) is 15.1. The highest BCUT2D eigenvalue weighted by atomic mass is 35.5. The van der Waals surface area contributed by atoms with Crippen molar-refractivity contribution in [2.45, 2.75) is 6.61 Å². The minimum Gasteiger partial charge on any atom is -0.487 e. The van der Waals surface area contributed by atoms with Gasteiger partial charge >= 0.3 is 5.97 Å². The zero-order valence-corrected chi connectivity index (χ0v) is 15.9. The Hall–Kier alpha value is -3.62. The summed E-state index contributed by atoms with van der Waals surface area (Å²) in [5, 5.41) is 18.7. The predicted octanol–water partition coefficient (Wildman–Crippen LogP) is 5.82. The van der Waals surface area contributed by atoms with Crippen molar-refractivity contribution in [3.63, 3.8) is 0 Å². The summed E-state index contributed by atoms with van der Waals surface area (Å²) in [6.07, 6.45) is 1.55. The van der Waals surface area contributed by atoms with Crippen LogP contribution in [0, 0.1) is 17.1 Å². The van der Waals surface area contributed by atoms with E-state index < -0.39 is 11.8 Å². The summed E-state index contributed by atoms with van der Waals surface area (Å²) < 4.78 is 19.6. The number of nitrogens with zero attached hydrogens (tertiary/aromatic N) is 1. The Morgan fingerprint density at radius 3 is 2.62 bits per heavy atom. The van der Waals surface area contributed by atoms with Crippen molar-refractivity contribution < 1.29 is 19.0 Å². The summed E-state index contributed by atoms with van der Waals surface area (Å²) in [5.74, 6) is -1.08. The fourth-order valence-electron chi connectivity index (χ4n) is 2.70. The van der Waals surface area contributed by atoms with E-state index in [-0.39, 0.29) is 23.3 Å². The number of rotatable bonds is 6. The summed E-state index contributed by atoms with van der Waals surface area (Å²) >= 11 is 6.28. The van der Waals surface area contributed by atoms with E-state index in [1.807, 2.05) is 6.07 Å². The number of nitriles is 1. The van der Waals surface area contributed by atoms with Gasteiger partial charge in [0.1, 0.15) is 18.2 Å². The van der Waals surface area contributed by atoms with Gasteiger partial charge in [0.2, 0.25) is 0 Å². The van der Waals surface area contributed by atoms with Crippen LogP contribution in [0.25, 0.3) is 11.6 Å². The highest BCUT2D eigenvalue weighted by Gasteiger charge is 2.09. The standard InChI is InChI=1S/C23H15ClFNO3/c24-20-12-15(10-18(13-26)19-6-1-2-7-21(19)25)8-9-22(20)29-14-16-4-3-5-17(11-16)23(27)28/h1-12H,14H2,(H,27,28)/b18-10-. The minimum absolute atomic E-state index is 0.148. The third-order valence-corrected chi connectivity index (χ3v) is 4.42. The van der Waals surface area contributed by atoms with Crippen LogP contribution in [0.15, 0.2) is 66.7 Å². The average molecular weight is 408 g/mol. The van der Waals surface area contributed by atoms with E-state index in [4.69, 9.17) is 21.4 Å².